The molecule has 1 unspecified atom stereocenters. The Morgan fingerprint density at radius 3 is 2.80 bits per heavy atom. The van der Waals surface area contributed by atoms with Crippen LogP contribution in [-0.2, 0) is 19.1 Å². The number of carboxylic acids is 1. The summed E-state index contributed by atoms with van der Waals surface area (Å²) in [5.74, 6) is -1.84. The molecule has 9 nitrogen and oxygen atoms in total. The lowest BCUT2D eigenvalue weighted by molar-refractivity contribution is -0.147. The summed E-state index contributed by atoms with van der Waals surface area (Å²) in [7, 11) is 1.27. The number of esters is 1. The first kappa shape index (κ1) is 16.2. The number of aliphatic hydroxyl groups excluding tert-OH is 1. The Kier molecular flexibility index (Phi) is 6.19. The minimum absolute atomic E-state index is 0.0397. The van der Waals surface area contributed by atoms with Crippen molar-refractivity contribution in [3.8, 4) is 0 Å². The smallest absolute Gasteiger partial charge is 0.334 e. The minimum atomic E-state index is -1.65. The summed E-state index contributed by atoms with van der Waals surface area (Å²) in [6.07, 6.45) is -2.06. The van der Waals surface area contributed by atoms with Crippen LogP contribution >= 0.6 is 0 Å². The first-order valence-electron chi connectivity index (χ1n) is 6.06. The van der Waals surface area contributed by atoms with Gasteiger partial charge in [-0.15, -0.1) is 0 Å². The van der Waals surface area contributed by atoms with Crippen LogP contribution in [0.5, 0.6) is 0 Å². The van der Waals surface area contributed by atoms with Gasteiger partial charge in [-0.1, -0.05) is 0 Å². The van der Waals surface area contributed by atoms with E-state index >= 15 is 0 Å². The molecule has 1 saturated heterocycles. The number of nitrogens with zero attached hydrogens (tertiary/aromatic N) is 1. The van der Waals surface area contributed by atoms with Crippen LogP contribution in [0.1, 0.15) is 6.42 Å². The van der Waals surface area contributed by atoms with Gasteiger partial charge in [0.05, 0.1) is 32.8 Å². The van der Waals surface area contributed by atoms with Crippen LogP contribution in [-0.4, -0.2) is 78.6 Å². The Labute approximate surface area is 115 Å². The lowest BCUT2D eigenvalue weighted by Gasteiger charge is -2.32. The quantitative estimate of drug-likeness (QED) is 0.521. The molecule has 1 rings (SSSR count). The van der Waals surface area contributed by atoms with E-state index < -0.39 is 30.2 Å². The maximum atomic E-state index is 11.8. The number of aliphatic carboxylic acids is 1. The molecule has 20 heavy (non-hydrogen) atoms. The normalized spacial score (nSPS) is 20.1. The van der Waals surface area contributed by atoms with Gasteiger partial charge in [0, 0.05) is 13.1 Å². The van der Waals surface area contributed by atoms with Gasteiger partial charge in [-0.2, -0.15) is 0 Å². The molecule has 1 aliphatic rings. The van der Waals surface area contributed by atoms with Gasteiger partial charge in [-0.25, -0.2) is 9.59 Å². The van der Waals surface area contributed by atoms with Gasteiger partial charge in [0.15, 0.2) is 6.10 Å². The molecule has 0 aliphatic carbocycles. The number of amides is 2. The number of rotatable bonds is 5. The topological polar surface area (TPSA) is 125 Å². The van der Waals surface area contributed by atoms with Crippen LogP contribution in [0, 0.1) is 0 Å². The van der Waals surface area contributed by atoms with Gasteiger partial charge in [-0.05, 0) is 0 Å². The fourth-order valence-corrected chi connectivity index (χ4v) is 1.68. The molecule has 0 spiro atoms. The van der Waals surface area contributed by atoms with E-state index in [9.17, 15) is 14.4 Å². The van der Waals surface area contributed by atoms with Crippen molar-refractivity contribution in [3.63, 3.8) is 0 Å². The predicted octanol–water partition coefficient (Wildman–Crippen LogP) is -1.59. The number of carboxylic acid groups (broad SMARTS) is 1. The maximum Gasteiger partial charge on any atom is 0.334 e. The molecule has 0 bridgehead atoms. The zero-order chi connectivity index (χ0) is 15.1. The molecule has 114 valence electrons. The molecule has 0 aromatic heterocycles. The van der Waals surface area contributed by atoms with E-state index in [0.29, 0.717) is 6.54 Å². The van der Waals surface area contributed by atoms with E-state index in [4.69, 9.17) is 14.9 Å². The lowest BCUT2D eigenvalue weighted by atomic mass is 10.2. The molecular formula is C11H18N2O7. The fraction of sp³-hybridized carbons (Fsp3) is 0.727. The van der Waals surface area contributed by atoms with Crippen molar-refractivity contribution >= 4 is 18.0 Å². The third-order valence-electron chi connectivity index (χ3n) is 2.78. The number of morpholine rings is 1. The summed E-state index contributed by atoms with van der Waals surface area (Å²) in [6, 6.07) is -0.511. The van der Waals surface area contributed by atoms with Gasteiger partial charge in [0.1, 0.15) is 0 Å². The number of carbonyl (C=O) groups is 3. The third-order valence-corrected chi connectivity index (χ3v) is 2.78. The van der Waals surface area contributed by atoms with Crippen molar-refractivity contribution in [1.82, 2.24) is 10.2 Å². The first-order valence-corrected chi connectivity index (χ1v) is 6.06. The summed E-state index contributed by atoms with van der Waals surface area (Å²) in [6.45, 7) is 0.417. The lowest BCUT2D eigenvalue weighted by Crippen LogP contribution is -2.51. The summed E-state index contributed by atoms with van der Waals surface area (Å²) in [5, 5.41) is 19.9. The minimum Gasteiger partial charge on any atom is -0.479 e. The number of nitrogens with one attached hydrogen (secondary N) is 1. The predicted molar refractivity (Wildman–Crippen MR) is 65.0 cm³/mol. The number of hydrogen-bond donors (Lipinski definition) is 3. The van der Waals surface area contributed by atoms with Crippen molar-refractivity contribution in [2.24, 2.45) is 0 Å². The van der Waals surface area contributed by atoms with Gasteiger partial charge in [0.2, 0.25) is 0 Å². The first-order chi connectivity index (χ1) is 9.43. The summed E-state index contributed by atoms with van der Waals surface area (Å²) in [4.78, 5) is 34.7. The fourth-order valence-electron chi connectivity index (χ4n) is 1.68. The molecule has 0 aromatic carbocycles. The maximum absolute atomic E-state index is 11.8. The number of carbonyl (C=O) groups excluding carboxylic acids is 2. The number of urea groups is 1. The van der Waals surface area contributed by atoms with Crippen LogP contribution in [0.3, 0.4) is 0 Å². The zero-order valence-electron chi connectivity index (χ0n) is 11.1. The second-order valence-corrected chi connectivity index (χ2v) is 4.26. The zero-order valence-corrected chi connectivity index (χ0v) is 11.1. The number of methoxy groups -OCH3 is 1. The van der Waals surface area contributed by atoms with Gasteiger partial charge in [0.25, 0.3) is 0 Å². The third kappa shape index (κ3) is 5.02. The second-order valence-electron chi connectivity index (χ2n) is 4.26. The molecule has 0 aromatic rings. The van der Waals surface area contributed by atoms with Crippen LogP contribution in [0.4, 0.5) is 4.79 Å². The van der Waals surface area contributed by atoms with Gasteiger partial charge >= 0.3 is 18.0 Å². The molecule has 1 fully saturated rings. The summed E-state index contributed by atoms with van der Waals surface area (Å²) >= 11 is 0. The standard InChI is InChI=1S/C11H18N2O7/c1-19-9(15)4-7-6-13(2-3-20-7)11(18)12-5-8(14)10(16)17/h7-8,14H,2-6H2,1H3,(H,12,18)(H,16,17)/t7?,8-/m0/s1. The molecule has 9 heteroatoms. The largest absolute Gasteiger partial charge is 0.479 e. The molecule has 1 aliphatic heterocycles. The Morgan fingerprint density at radius 2 is 2.20 bits per heavy atom. The highest BCUT2D eigenvalue weighted by Gasteiger charge is 2.26. The van der Waals surface area contributed by atoms with Gasteiger partial charge in [-0.3, -0.25) is 4.79 Å². The van der Waals surface area contributed by atoms with E-state index in [1.165, 1.54) is 12.0 Å². The second kappa shape index (κ2) is 7.65. The molecule has 1 heterocycles. The van der Waals surface area contributed by atoms with E-state index in [2.05, 4.69) is 10.1 Å². The molecule has 2 amide bonds. The SMILES string of the molecule is COC(=O)CC1CN(C(=O)NC[C@H](O)C(=O)O)CCO1. The average Bonchev–Trinajstić information content (AvgIpc) is 2.44. The Balaban J connectivity index is 2.40. The van der Waals surface area contributed by atoms with Crippen molar-refractivity contribution in [2.75, 3.05) is 33.4 Å². The Bertz CT molecular complexity index is 374. The highest BCUT2D eigenvalue weighted by atomic mass is 16.5. The Morgan fingerprint density at radius 1 is 1.50 bits per heavy atom. The molecule has 0 saturated carbocycles. The number of ether oxygens (including phenoxy) is 2. The monoisotopic (exact) mass is 290 g/mol. The van der Waals surface area contributed by atoms with Crippen LogP contribution in [0.25, 0.3) is 0 Å². The van der Waals surface area contributed by atoms with Crippen molar-refractivity contribution in [3.05, 3.63) is 0 Å². The van der Waals surface area contributed by atoms with E-state index in [0.717, 1.165) is 0 Å². The van der Waals surface area contributed by atoms with Crippen LogP contribution in [0.15, 0.2) is 0 Å². The van der Waals surface area contributed by atoms with Crippen LogP contribution < -0.4 is 5.32 Å². The van der Waals surface area contributed by atoms with Crippen molar-refractivity contribution < 1.29 is 34.1 Å². The van der Waals surface area contributed by atoms with Crippen LogP contribution in [0.2, 0.25) is 0 Å². The highest BCUT2D eigenvalue weighted by molar-refractivity contribution is 5.77. The number of aliphatic hydroxyl groups is 1. The average molecular weight is 290 g/mol. The summed E-state index contributed by atoms with van der Waals surface area (Å²) < 4.78 is 9.85. The molecular weight excluding hydrogens is 272 g/mol. The Hall–Kier alpha value is -1.87. The van der Waals surface area contributed by atoms with Crippen molar-refractivity contribution in [1.29, 1.82) is 0 Å². The molecule has 2 atom stereocenters. The highest BCUT2D eigenvalue weighted by Crippen LogP contribution is 2.09. The van der Waals surface area contributed by atoms with Crippen molar-refractivity contribution in [2.45, 2.75) is 18.6 Å². The molecule has 3 N–H and O–H groups in total. The van der Waals surface area contributed by atoms with E-state index in [1.54, 1.807) is 0 Å². The molecule has 0 radical (unpaired) electrons. The van der Waals surface area contributed by atoms with E-state index in [-0.39, 0.29) is 26.1 Å². The number of hydrogen-bond acceptors (Lipinski definition) is 6. The summed E-state index contributed by atoms with van der Waals surface area (Å²) in [5.41, 5.74) is 0. The van der Waals surface area contributed by atoms with Gasteiger partial charge < -0.3 is 29.9 Å². The van der Waals surface area contributed by atoms with E-state index in [1.807, 2.05) is 0 Å².